The van der Waals surface area contributed by atoms with Gasteiger partial charge in [0.15, 0.2) is 0 Å². The third-order valence-corrected chi connectivity index (χ3v) is 4.27. The molecule has 140 valence electrons. The van der Waals surface area contributed by atoms with E-state index in [0.717, 1.165) is 11.1 Å². The van der Waals surface area contributed by atoms with Crippen LogP contribution in [0.15, 0.2) is 47.0 Å². The number of alkyl halides is 1. The Morgan fingerprint density at radius 2 is 2.19 bits per heavy atom. The average Bonchev–Trinajstić information content (AvgIpc) is 2.65. The number of aryl methyl sites for hydroxylation is 1. The van der Waals surface area contributed by atoms with Crippen molar-refractivity contribution in [2.45, 2.75) is 26.1 Å². The van der Waals surface area contributed by atoms with Crippen LogP contribution < -0.4 is 5.32 Å². The normalized spacial score (nSPS) is 20.4. The number of nitrogens with zero attached hydrogens (tertiary/aromatic N) is 3. The number of benzene rings is 1. The molecule has 0 aliphatic carbocycles. The van der Waals surface area contributed by atoms with Crippen LogP contribution in [0, 0.1) is 12.8 Å². The van der Waals surface area contributed by atoms with E-state index in [0.29, 0.717) is 18.9 Å². The van der Waals surface area contributed by atoms with Gasteiger partial charge in [-0.05, 0) is 31.8 Å². The maximum atomic E-state index is 14.4. The van der Waals surface area contributed by atoms with Gasteiger partial charge >= 0.3 is 6.09 Å². The lowest BCUT2D eigenvalue weighted by Gasteiger charge is -2.33. The first-order valence-electron chi connectivity index (χ1n) is 8.53. The lowest BCUT2D eigenvalue weighted by atomic mass is 9.95. The van der Waals surface area contributed by atoms with Gasteiger partial charge in [0.2, 0.25) is 5.96 Å². The summed E-state index contributed by atoms with van der Waals surface area (Å²) in [7, 11) is 0. The molecule has 26 heavy (non-hydrogen) atoms. The van der Waals surface area contributed by atoms with Crippen molar-refractivity contribution in [3.05, 3.63) is 48.2 Å². The van der Waals surface area contributed by atoms with Crippen molar-refractivity contribution in [3.63, 3.8) is 0 Å². The molecule has 0 bridgehead atoms. The van der Waals surface area contributed by atoms with Gasteiger partial charge in [-0.3, -0.25) is 4.99 Å². The van der Waals surface area contributed by atoms with Crippen molar-refractivity contribution in [1.29, 1.82) is 0 Å². The van der Waals surface area contributed by atoms with Crippen molar-refractivity contribution in [1.82, 2.24) is 10.2 Å². The number of hydrogen-bond donors (Lipinski definition) is 1. The van der Waals surface area contributed by atoms with E-state index in [4.69, 9.17) is 4.74 Å². The Kier molecular flexibility index (Phi) is 7.32. The number of hydrogen-bond acceptors (Lipinski definition) is 3. The molecule has 2 atom stereocenters. The number of likely N-dealkylation sites (tertiary alicyclic amines) is 1. The van der Waals surface area contributed by atoms with Crippen molar-refractivity contribution >= 4 is 18.8 Å². The molecule has 1 aromatic rings. The molecule has 1 N–H and O–H groups in total. The number of carbonyl (C=O) groups is 1. The van der Waals surface area contributed by atoms with Gasteiger partial charge < -0.3 is 15.0 Å². The van der Waals surface area contributed by atoms with Gasteiger partial charge in [-0.2, -0.15) is 0 Å². The molecule has 1 fully saturated rings. The zero-order chi connectivity index (χ0) is 18.9. The zero-order valence-electron chi connectivity index (χ0n) is 15.0. The number of aliphatic imine (C=N–C) groups is 2. The molecule has 1 aliphatic rings. The number of amides is 1. The third kappa shape index (κ3) is 5.68. The Bertz CT molecular complexity index is 660. The van der Waals surface area contributed by atoms with Crippen molar-refractivity contribution in [2.75, 3.05) is 19.6 Å². The summed E-state index contributed by atoms with van der Waals surface area (Å²) in [6.07, 6.45) is 0.307. The number of carbonyl (C=O) groups excluding carboxylic acids is 1. The topological polar surface area (TPSA) is 66.3 Å². The van der Waals surface area contributed by atoms with Crippen LogP contribution in [0.2, 0.25) is 0 Å². The number of guanidine groups is 1. The van der Waals surface area contributed by atoms with Gasteiger partial charge in [0.05, 0.1) is 6.54 Å². The molecule has 6 nitrogen and oxygen atoms in total. The minimum Gasteiger partial charge on any atom is -0.445 e. The first-order valence-corrected chi connectivity index (χ1v) is 8.53. The smallest absolute Gasteiger partial charge is 0.410 e. The van der Waals surface area contributed by atoms with Crippen LogP contribution in [0.1, 0.15) is 17.5 Å². The number of nitrogens with one attached hydrogen (secondary N) is 1. The summed E-state index contributed by atoms with van der Waals surface area (Å²) in [4.78, 5) is 21.5. The standard InChI is InChI=1S/C19H25FN4O2/c1-4-22-18(21-3)23-11-16-9-10-24(12-17(16)20)19(25)26-13-15-7-5-14(2)6-8-15/h4-8,16-17H,1,3,9-13H2,2H3,(H,22,23)/t16-,17-/m1/s1. The highest BCUT2D eigenvalue weighted by molar-refractivity contribution is 5.84. The highest BCUT2D eigenvalue weighted by Crippen LogP contribution is 2.22. The van der Waals surface area contributed by atoms with Crippen molar-refractivity contribution in [3.8, 4) is 0 Å². The molecule has 1 aromatic carbocycles. The molecule has 1 aliphatic heterocycles. The molecule has 0 spiro atoms. The summed E-state index contributed by atoms with van der Waals surface area (Å²) in [5.41, 5.74) is 2.05. The SMILES string of the molecule is C=CNC(N=C)=NC[C@H]1CCN(C(=O)OCc2ccc(C)cc2)C[C@H]1F. The molecule has 7 heteroatoms. The minimum atomic E-state index is -1.16. The molecule has 1 heterocycles. The highest BCUT2D eigenvalue weighted by atomic mass is 19.1. The molecular weight excluding hydrogens is 335 g/mol. The summed E-state index contributed by atoms with van der Waals surface area (Å²) in [5.74, 6) is 0.0478. The second-order valence-corrected chi connectivity index (χ2v) is 6.22. The van der Waals surface area contributed by atoms with E-state index in [9.17, 15) is 9.18 Å². The van der Waals surface area contributed by atoms with Crippen LogP contribution in [0.25, 0.3) is 0 Å². The van der Waals surface area contributed by atoms with Gasteiger partial charge in [-0.1, -0.05) is 36.4 Å². The quantitative estimate of drug-likeness (QED) is 0.648. The minimum absolute atomic E-state index is 0.0126. The first kappa shape index (κ1) is 19.6. The number of halogens is 1. The van der Waals surface area contributed by atoms with Gasteiger partial charge in [-0.25, -0.2) is 14.2 Å². The predicted octanol–water partition coefficient (Wildman–Crippen LogP) is 3.08. The van der Waals surface area contributed by atoms with Crippen LogP contribution in [-0.2, 0) is 11.3 Å². The lowest BCUT2D eigenvalue weighted by molar-refractivity contribution is 0.0536. The predicted molar refractivity (Wildman–Crippen MR) is 101 cm³/mol. The second-order valence-electron chi connectivity index (χ2n) is 6.22. The average molecular weight is 360 g/mol. The fraction of sp³-hybridized carbons (Fsp3) is 0.421. The maximum absolute atomic E-state index is 14.4. The largest absolute Gasteiger partial charge is 0.445 e. The summed E-state index contributed by atoms with van der Waals surface area (Å²) in [6.45, 7) is 9.82. The Hall–Kier alpha value is -2.70. The van der Waals surface area contributed by atoms with Crippen molar-refractivity contribution < 1.29 is 13.9 Å². The summed E-state index contributed by atoms with van der Waals surface area (Å²) < 4.78 is 19.7. The monoisotopic (exact) mass is 360 g/mol. The molecule has 0 saturated carbocycles. The van der Waals surface area contributed by atoms with Crippen LogP contribution >= 0.6 is 0 Å². The lowest BCUT2D eigenvalue weighted by Crippen LogP contribution is -2.46. The van der Waals surface area contributed by atoms with E-state index in [1.807, 2.05) is 31.2 Å². The molecule has 0 aromatic heterocycles. The summed E-state index contributed by atoms with van der Waals surface area (Å²) in [6, 6.07) is 7.74. The Labute approximate surface area is 153 Å². The number of ether oxygens (including phenoxy) is 1. The summed E-state index contributed by atoms with van der Waals surface area (Å²) >= 11 is 0. The molecule has 0 unspecified atom stereocenters. The van der Waals surface area contributed by atoms with E-state index in [1.54, 1.807) is 0 Å². The maximum Gasteiger partial charge on any atom is 0.410 e. The Morgan fingerprint density at radius 3 is 2.81 bits per heavy atom. The van der Waals surface area contributed by atoms with E-state index in [2.05, 4.69) is 28.6 Å². The van der Waals surface area contributed by atoms with Gasteiger partial charge in [0, 0.05) is 19.0 Å². The number of rotatable bonds is 5. The molecule has 1 saturated heterocycles. The van der Waals surface area contributed by atoms with Crippen LogP contribution in [0.3, 0.4) is 0 Å². The van der Waals surface area contributed by atoms with E-state index in [1.165, 1.54) is 11.1 Å². The van der Waals surface area contributed by atoms with Gasteiger partial charge in [0.1, 0.15) is 12.8 Å². The van der Waals surface area contributed by atoms with Crippen molar-refractivity contribution in [2.24, 2.45) is 15.9 Å². The fourth-order valence-corrected chi connectivity index (χ4v) is 2.68. The van der Waals surface area contributed by atoms with E-state index >= 15 is 0 Å². The van der Waals surface area contributed by atoms with Crippen LogP contribution in [0.5, 0.6) is 0 Å². The first-order chi connectivity index (χ1) is 12.5. The Balaban J connectivity index is 1.81. The molecule has 0 radical (unpaired) electrons. The Morgan fingerprint density at radius 1 is 1.46 bits per heavy atom. The zero-order valence-corrected chi connectivity index (χ0v) is 15.0. The second kappa shape index (κ2) is 9.70. The van der Waals surface area contributed by atoms with Crippen LogP contribution in [0.4, 0.5) is 9.18 Å². The van der Waals surface area contributed by atoms with E-state index < -0.39 is 12.3 Å². The van der Waals surface area contributed by atoms with E-state index in [-0.39, 0.29) is 25.6 Å². The van der Waals surface area contributed by atoms with Gasteiger partial charge in [0.25, 0.3) is 0 Å². The summed E-state index contributed by atoms with van der Waals surface area (Å²) in [5, 5.41) is 2.73. The molecular formula is C19H25FN4O2. The fourth-order valence-electron chi connectivity index (χ4n) is 2.68. The highest BCUT2D eigenvalue weighted by Gasteiger charge is 2.32. The third-order valence-electron chi connectivity index (χ3n) is 4.27. The number of piperidine rings is 1. The molecule has 2 rings (SSSR count). The van der Waals surface area contributed by atoms with Gasteiger partial charge in [-0.15, -0.1) is 0 Å². The van der Waals surface area contributed by atoms with Crippen LogP contribution in [-0.4, -0.2) is 49.5 Å². The molecule has 1 amide bonds.